The van der Waals surface area contributed by atoms with E-state index in [2.05, 4.69) is 15.9 Å². The number of thioether (sulfide) groups is 1. The standard InChI is InChI=1S/C13H10BrF2NS/c14-10-3-1-8(5-13(10)17)7-18-9-2-4-11(15)12(16)6-9/h1-6H,7,17H2. The Morgan fingerprint density at radius 3 is 2.50 bits per heavy atom. The SMILES string of the molecule is Nc1cc(CSc2ccc(F)c(F)c2)ccc1Br. The molecule has 1 nitrogen and oxygen atoms in total. The van der Waals surface area contributed by atoms with E-state index in [9.17, 15) is 8.78 Å². The van der Waals surface area contributed by atoms with Crippen molar-refractivity contribution in [2.75, 3.05) is 5.73 Å². The minimum absolute atomic E-state index is 0.655. The van der Waals surface area contributed by atoms with Gasteiger partial charge in [0.2, 0.25) is 0 Å². The molecule has 0 saturated carbocycles. The maximum atomic E-state index is 13.0. The molecule has 0 heterocycles. The van der Waals surface area contributed by atoms with Gasteiger partial charge in [0.05, 0.1) is 0 Å². The summed E-state index contributed by atoms with van der Waals surface area (Å²) in [5, 5.41) is 0. The van der Waals surface area contributed by atoms with Crippen molar-refractivity contribution in [1.29, 1.82) is 0 Å². The minimum Gasteiger partial charge on any atom is -0.398 e. The van der Waals surface area contributed by atoms with E-state index in [4.69, 9.17) is 5.73 Å². The molecule has 0 bridgehead atoms. The summed E-state index contributed by atoms with van der Waals surface area (Å²) in [6.07, 6.45) is 0. The molecule has 0 aromatic heterocycles. The van der Waals surface area contributed by atoms with Gasteiger partial charge in [-0.15, -0.1) is 11.8 Å². The highest BCUT2D eigenvalue weighted by atomic mass is 79.9. The van der Waals surface area contributed by atoms with E-state index in [0.717, 1.165) is 16.1 Å². The lowest BCUT2D eigenvalue weighted by molar-refractivity contribution is 0.506. The van der Waals surface area contributed by atoms with E-state index in [0.29, 0.717) is 16.3 Å². The zero-order chi connectivity index (χ0) is 13.1. The number of benzene rings is 2. The predicted molar refractivity (Wildman–Crippen MR) is 74.5 cm³/mol. The van der Waals surface area contributed by atoms with E-state index in [1.807, 2.05) is 18.2 Å². The topological polar surface area (TPSA) is 26.0 Å². The Morgan fingerprint density at radius 1 is 1.06 bits per heavy atom. The van der Waals surface area contributed by atoms with Gasteiger partial charge in [0.25, 0.3) is 0 Å². The molecule has 94 valence electrons. The Kier molecular flexibility index (Phi) is 4.24. The van der Waals surface area contributed by atoms with E-state index in [1.54, 1.807) is 6.07 Å². The third kappa shape index (κ3) is 3.23. The number of nitrogens with two attached hydrogens (primary N) is 1. The first-order chi connectivity index (χ1) is 8.56. The van der Waals surface area contributed by atoms with Crippen LogP contribution in [0.5, 0.6) is 0 Å². The minimum atomic E-state index is -0.827. The maximum absolute atomic E-state index is 13.0. The van der Waals surface area contributed by atoms with Gasteiger partial charge in [-0.25, -0.2) is 8.78 Å². The second-order valence-corrected chi connectivity index (χ2v) is 5.62. The number of nitrogen functional groups attached to an aromatic ring is 1. The van der Waals surface area contributed by atoms with Crippen LogP contribution in [-0.2, 0) is 5.75 Å². The lowest BCUT2D eigenvalue weighted by Crippen LogP contribution is -1.89. The van der Waals surface area contributed by atoms with Crippen LogP contribution in [0.4, 0.5) is 14.5 Å². The normalized spacial score (nSPS) is 10.6. The van der Waals surface area contributed by atoms with Crippen molar-refractivity contribution >= 4 is 33.4 Å². The molecule has 18 heavy (non-hydrogen) atoms. The lowest BCUT2D eigenvalue weighted by Gasteiger charge is -2.05. The Labute approximate surface area is 117 Å². The Hall–Kier alpha value is -1.07. The van der Waals surface area contributed by atoms with Gasteiger partial charge in [0.1, 0.15) is 0 Å². The zero-order valence-corrected chi connectivity index (χ0v) is 11.7. The summed E-state index contributed by atoms with van der Waals surface area (Å²) >= 11 is 4.75. The third-order valence-corrected chi connectivity index (χ3v) is 4.14. The Morgan fingerprint density at radius 2 is 1.83 bits per heavy atom. The predicted octanol–water partition coefficient (Wildman–Crippen LogP) is 4.60. The second-order valence-electron chi connectivity index (χ2n) is 3.72. The highest BCUT2D eigenvalue weighted by molar-refractivity contribution is 9.10. The molecule has 0 amide bonds. The van der Waals surface area contributed by atoms with Crippen LogP contribution in [0.3, 0.4) is 0 Å². The fraction of sp³-hybridized carbons (Fsp3) is 0.0769. The van der Waals surface area contributed by atoms with Crippen molar-refractivity contribution in [3.63, 3.8) is 0 Å². The highest BCUT2D eigenvalue weighted by Gasteiger charge is 2.04. The van der Waals surface area contributed by atoms with Gasteiger partial charge in [-0.3, -0.25) is 0 Å². The maximum Gasteiger partial charge on any atom is 0.159 e. The van der Waals surface area contributed by atoms with Crippen molar-refractivity contribution < 1.29 is 8.78 Å². The summed E-state index contributed by atoms with van der Waals surface area (Å²) in [6.45, 7) is 0. The zero-order valence-electron chi connectivity index (χ0n) is 9.29. The molecular weight excluding hydrogens is 320 g/mol. The number of halogens is 3. The summed E-state index contributed by atoms with van der Waals surface area (Å²) in [6, 6.07) is 9.56. The smallest absolute Gasteiger partial charge is 0.159 e. The number of hydrogen-bond acceptors (Lipinski definition) is 2. The van der Waals surface area contributed by atoms with Crippen LogP contribution >= 0.6 is 27.7 Å². The van der Waals surface area contributed by atoms with Gasteiger partial charge in [0, 0.05) is 20.8 Å². The van der Waals surface area contributed by atoms with Gasteiger partial charge in [0.15, 0.2) is 11.6 Å². The third-order valence-electron chi connectivity index (χ3n) is 2.36. The Bertz CT molecular complexity index is 523. The number of anilines is 1. The summed E-state index contributed by atoms with van der Waals surface area (Å²) in [5.74, 6) is -0.995. The molecule has 0 aliphatic heterocycles. The van der Waals surface area contributed by atoms with Gasteiger partial charge in [-0.1, -0.05) is 6.07 Å². The summed E-state index contributed by atoms with van der Waals surface area (Å²) in [5.41, 5.74) is 7.47. The average Bonchev–Trinajstić information content (AvgIpc) is 2.35. The lowest BCUT2D eigenvalue weighted by atomic mass is 10.2. The molecule has 5 heteroatoms. The molecule has 0 atom stereocenters. The second kappa shape index (κ2) is 5.71. The van der Waals surface area contributed by atoms with E-state index < -0.39 is 11.6 Å². The monoisotopic (exact) mass is 329 g/mol. The molecule has 0 spiro atoms. The molecule has 0 fully saturated rings. The van der Waals surface area contributed by atoms with Crippen LogP contribution in [0.25, 0.3) is 0 Å². The molecule has 2 N–H and O–H groups in total. The van der Waals surface area contributed by atoms with Crippen LogP contribution in [0.15, 0.2) is 45.8 Å². The number of hydrogen-bond donors (Lipinski definition) is 1. The average molecular weight is 330 g/mol. The molecule has 2 rings (SSSR count). The number of rotatable bonds is 3. The van der Waals surface area contributed by atoms with Crippen LogP contribution in [0, 0.1) is 11.6 Å². The first kappa shape index (κ1) is 13.4. The van der Waals surface area contributed by atoms with Gasteiger partial charge < -0.3 is 5.73 Å². The fourth-order valence-corrected chi connectivity index (χ4v) is 2.53. The first-order valence-electron chi connectivity index (χ1n) is 5.18. The van der Waals surface area contributed by atoms with Crippen LogP contribution in [0.2, 0.25) is 0 Å². The summed E-state index contributed by atoms with van der Waals surface area (Å²) in [4.78, 5) is 0.690. The van der Waals surface area contributed by atoms with Gasteiger partial charge in [-0.2, -0.15) is 0 Å². The van der Waals surface area contributed by atoms with E-state index in [-0.39, 0.29) is 0 Å². The molecule has 0 aliphatic carbocycles. The van der Waals surface area contributed by atoms with E-state index >= 15 is 0 Å². The van der Waals surface area contributed by atoms with Crippen LogP contribution < -0.4 is 5.73 Å². The van der Waals surface area contributed by atoms with Crippen molar-refractivity contribution in [2.24, 2.45) is 0 Å². The largest absolute Gasteiger partial charge is 0.398 e. The molecular formula is C13H10BrF2NS. The summed E-state index contributed by atoms with van der Waals surface area (Å²) in [7, 11) is 0. The van der Waals surface area contributed by atoms with Crippen molar-refractivity contribution in [3.8, 4) is 0 Å². The van der Waals surface area contributed by atoms with Crippen molar-refractivity contribution in [2.45, 2.75) is 10.6 Å². The van der Waals surface area contributed by atoms with Crippen molar-refractivity contribution in [1.82, 2.24) is 0 Å². The fourth-order valence-electron chi connectivity index (χ4n) is 1.42. The quantitative estimate of drug-likeness (QED) is 0.657. The highest BCUT2D eigenvalue weighted by Crippen LogP contribution is 2.27. The summed E-state index contributed by atoms with van der Waals surface area (Å²) < 4.78 is 26.6. The molecule has 0 radical (unpaired) electrons. The Balaban J connectivity index is 2.06. The molecule has 0 saturated heterocycles. The van der Waals surface area contributed by atoms with Crippen molar-refractivity contribution in [3.05, 3.63) is 58.1 Å². The molecule has 2 aromatic carbocycles. The molecule has 0 aliphatic rings. The van der Waals surface area contributed by atoms with E-state index in [1.165, 1.54) is 17.8 Å². The molecule has 2 aromatic rings. The van der Waals surface area contributed by atoms with Gasteiger partial charge >= 0.3 is 0 Å². The molecule has 0 unspecified atom stereocenters. The van der Waals surface area contributed by atoms with Gasteiger partial charge in [-0.05, 0) is 51.8 Å². The van der Waals surface area contributed by atoms with Crippen LogP contribution in [0.1, 0.15) is 5.56 Å². The first-order valence-corrected chi connectivity index (χ1v) is 6.96. The van der Waals surface area contributed by atoms with Crippen LogP contribution in [-0.4, -0.2) is 0 Å².